The third-order valence-corrected chi connectivity index (χ3v) is 5.13. The van der Waals surface area contributed by atoms with E-state index in [1.54, 1.807) is 6.07 Å². The van der Waals surface area contributed by atoms with Crippen molar-refractivity contribution in [3.05, 3.63) is 71.9 Å². The van der Waals surface area contributed by atoms with Gasteiger partial charge >= 0.3 is 0 Å². The van der Waals surface area contributed by atoms with Gasteiger partial charge in [0.15, 0.2) is 0 Å². The van der Waals surface area contributed by atoms with Gasteiger partial charge in [-0.05, 0) is 25.1 Å². The van der Waals surface area contributed by atoms with Gasteiger partial charge in [0.05, 0.1) is 6.04 Å². The molecule has 4 rings (SSSR count). The summed E-state index contributed by atoms with van der Waals surface area (Å²) in [7, 11) is 0. The number of piperazine rings is 1. The molecule has 5 nitrogen and oxygen atoms in total. The lowest BCUT2D eigenvalue weighted by molar-refractivity contribution is 0.0870. The van der Waals surface area contributed by atoms with Crippen LogP contribution in [-0.2, 0) is 6.54 Å². The Morgan fingerprint density at radius 2 is 1.67 bits per heavy atom. The molecular formula is C21H23FN4O. The van der Waals surface area contributed by atoms with Crippen molar-refractivity contribution >= 4 is 0 Å². The van der Waals surface area contributed by atoms with Crippen LogP contribution >= 0.6 is 0 Å². The van der Waals surface area contributed by atoms with Crippen molar-refractivity contribution in [2.75, 3.05) is 26.2 Å². The van der Waals surface area contributed by atoms with E-state index >= 15 is 0 Å². The van der Waals surface area contributed by atoms with Crippen molar-refractivity contribution < 1.29 is 8.81 Å². The molecule has 1 aromatic heterocycles. The molecule has 140 valence electrons. The molecule has 0 N–H and O–H groups in total. The van der Waals surface area contributed by atoms with Crippen LogP contribution in [0, 0.1) is 5.82 Å². The normalized spacial score (nSPS) is 17.1. The minimum absolute atomic E-state index is 0.0607. The van der Waals surface area contributed by atoms with Gasteiger partial charge in [0.1, 0.15) is 5.82 Å². The van der Waals surface area contributed by atoms with E-state index in [0.717, 1.165) is 37.3 Å². The predicted octanol–water partition coefficient (Wildman–Crippen LogP) is 3.75. The summed E-state index contributed by atoms with van der Waals surface area (Å²) in [4.78, 5) is 4.62. The fourth-order valence-electron chi connectivity index (χ4n) is 3.43. The molecule has 1 fully saturated rings. The number of aromatic nitrogens is 2. The van der Waals surface area contributed by atoms with E-state index in [4.69, 9.17) is 4.42 Å². The molecular weight excluding hydrogens is 343 g/mol. The van der Waals surface area contributed by atoms with Gasteiger partial charge < -0.3 is 4.42 Å². The summed E-state index contributed by atoms with van der Waals surface area (Å²) in [5.74, 6) is 1.06. The number of rotatable bonds is 5. The van der Waals surface area contributed by atoms with Crippen molar-refractivity contribution in [3.8, 4) is 11.5 Å². The molecule has 0 radical (unpaired) electrons. The SMILES string of the molecule is C[C@@H](c1nnc(-c2ccccc2)o1)N1CCN(Cc2ccccc2F)CC1. The van der Waals surface area contributed by atoms with Gasteiger partial charge in [-0.25, -0.2) is 4.39 Å². The van der Waals surface area contributed by atoms with E-state index < -0.39 is 0 Å². The molecule has 1 aliphatic heterocycles. The van der Waals surface area contributed by atoms with Gasteiger partial charge in [-0.1, -0.05) is 36.4 Å². The van der Waals surface area contributed by atoms with E-state index in [1.807, 2.05) is 42.5 Å². The van der Waals surface area contributed by atoms with E-state index in [2.05, 4.69) is 26.9 Å². The summed E-state index contributed by atoms with van der Waals surface area (Å²) in [6.45, 7) is 6.29. The minimum Gasteiger partial charge on any atom is -0.419 e. The summed E-state index contributed by atoms with van der Waals surface area (Å²) in [6.07, 6.45) is 0. The molecule has 0 amide bonds. The molecule has 0 unspecified atom stereocenters. The second kappa shape index (κ2) is 7.98. The average Bonchev–Trinajstić information content (AvgIpc) is 3.21. The molecule has 0 bridgehead atoms. The van der Waals surface area contributed by atoms with E-state index in [-0.39, 0.29) is 11.9 Å². The Hall–Kier alpha value is -2.57. The molecule has 0 aliphatic carbocycles. The molecule has 1 saturated heterocycles. The highest BCUT2D eigenvalue weighted by molar-refractivity contribution is 5.51. The second-order valence-corrected chi connectivity index (χ2v) is 6.89. The highest BCUT2D eigenvalue weighted by Crippen LogP contribution is 2.25. The monoisotopic (exact) mass is 366 g/mol. The van der Waals surface area contributed by atoms with Gasteiger partial charge in [0.25, 0.3) is 0 Å². The molecule has 27 heavy (non-hydrogen) atoms. The third kappa shape index (κ3) is 4.07. The molecule has 1 aliphatic rings. The maximum absolute atomic E-state index is 13.8. The Bertz CT molecular complexity index is 875. The van der Waals surface area contributed by atoms with Crippen LogP contribution in [0.25, 0.3) is 11.5 Å². The summed E-state index contributed by atoms with van der Waals surface area (Å²) < 4.78 is 19.7. The Morgan fingerprint density at radius 3 is 2.41 bits per heavy atom. The largest absolute Gasteiger partial charge is 0.419 e. The van der Waals surface area contributed by atoms with Gasteiger partial charge in [-0.3, -0.25) is 9.80 Å². The van der Waals surface area contributed by atoms with Gasteiger partial charge in [-0.2, -0.15) is 0 Å². The Labute approximate surface area is 158 Å². The quantitative estimate of drug-likeness (QED) is 0.688. The zero-order chi connectivity index (χ0) is 18.6. The fraction of sp³-hybridized carbons (Fsp3) is 0.333. The highest BCUT2D eigenvalue weighted by Gasteiger charge is 2.26. The molecule has 1 atom stereocenters. The van der Waals surface area contributed by atoms with Crippen molar-refractivity contribution in [2.24, 2.45) is 0 Å². The minimum atomic E-state index is -0.132. The number of hydrogen-bond donors (Lipinski definition) is 0. The third-order valence-electron chi connectivity index (χ3n) is 5.13. The first-order valence-electron chi connectivity index (χ1n) is 9.29. The van der Waals surface area contributed by atoms with Crippen molar-refractivity contribution in [1.29, 1.82) is 0 Å². The van der Waals surface area contributed by atoms with Crippen LogP contribution in [0.2, 0.25) is 0 Å². The zero-order valence-electron chi connectivity index (χ0n) is 15.4. The number of halogens is 1. The molecule has 0 spiro atoms. The topological polar surface area (TPSA) is 45.4 Å². The van der Waals surface area contributed by atoms with Crippen LogP contribution in [0.1, 0.15) is 24.4 Å². The molecule has 0 saturated carbocycles. The van der Waals surface area contributed by atoms with E-state index in [0.29, 0.717) is 18.3 Å². The standard InChI is InChI=1S/C21H23FN4O/c1-16(20-23-24-21(27-20)17-7-3-2-4-8-17)26-13-11-25(12-14-26)15-18-9-5-6-10-19(18)22/h2-10,16H,11-15H2,1H3/t16-/m0/s1. The summed E-state index contributed by atoms with van der Waals surface area (Å²) in [5, 5.41) is 8.43. The lowest BCUT2D eigenvalue weighted by Gasteiger charge is -2.36. The van der Waals surface area contributed by atoms with Crippen LogP contribution in [-0.4, -0.2) is 46.2 Å². The van der Waals surface area contributed by atoms with Crippen LogP contribution < -0.4 is 0 Å². The number of nitrogens with zero attached hydrogens (tertiary/aromatic N) is 4. The average molecular weight is 366 g/mol. The van der Waals surface area contributed by atoms with Crippen molar-refractivity contribution in [1.82, 2.24) is 20.0 Å². The maximum atomic E-state index is 13.8. The summed E-state index contributed by atoms with van der Waals surface area (Å²) in [6, 6.07) is 16.8. The lowest BCUT2D eigenvalue weighted by Crippen LogP contribution is -2.46. The second-order valence-electron chi connectivity index (χ2n) is 6.89. The maximum Gasteiger partial charge on any atom is 0.247 e. The van der Waals surface area contributed by atoms with E-state index in [1.165, 1.54) is 6.07 Å². The highest BCUT2D eigenvalue weighted by atomic mass is 19.1. The Kier molecular flexibility index (Phi) is 5.27. The molecule has 2 heterocycles. The van der Waals surface area contributed by atoms with Crippen molar-refractivity contribution in [3.63, 3.8) is 0 Å². The van der Waals surface area contributed by atoms with Gasteiger partial charge in [-0.15, -0.1) is 10.2 Å². The summed E-state index contributed by atoms with van der Waals surface area (Å²) >= 11 is 0. The van der Waals surface area contributed by atoms with Crippen LogP contribution in [0.5, 0.6) is 0 Å². The van der Waals surface area contributed by atoms with Gasteiger partial charge in [0, 0.05) is 43.9 Å². The molecule has 3 aromatic rings. The van der Waals surface area contributed by atoms with Gasteiger partial charge in [0.2, 0.25) is 11.8 Å². The smallest absolute Gasteiger partial charge is 0.247 e. The van der Waals surface area contributed by atoms with Crippen LogP contribution in [0.4, 0.5) is 4.39 Å². The predicted molar refractivity (Wildman–Crippen MR) is 101 cm³/mol. The van der Waals surface area contributed by atoms with Crippen LogP contribution in [0.3, 0.4) is 0 Å². The van der Waals surface area contributed by atoms with E-state index in [9.17, 15) is 4.39 Å². The number of hydrogen-bond acceptors (Lipinski definition) is 5. The lowest BCUT2D eigenvalue weighted by atomic mass is 10.1. The fourth-order valence-corrected chi connectivity index (χ4v) is 3.43. The number of benzene rings is 2. The molecule has 2 aromatic carbocycles. The Balaban J connectivity index is 1.36. The van der Waals surface area contributed by atoms with Crippen LogP contribution in [0.15, 0.2) is 59.0 Å². The first-order valence-corrected chi connectivity index (χ1v) is 9.29. The van der Waals surface area contributed by atoms with Crippen molar-refractivity contribution in [2.45, 2.75) is 19.5 Å². The first kappa shape index (κ1) is 17.8. The zero-order valence-corrected chi connectivity index (χ0v) is 15.4. The first-order chi connectivity index (χ1) is 13.2. The molecule has 6 heteroatoms. The summed E-state index contributed by atoms with van der Waals surface area (Å²) in [5.41, 5.74) is 1.68. The Morgan fingerprint density at radius 1 is 0.963 bits per heavy atom.